The molecule has 1 aromatic heterocycles. The number of rotatable bonds is 3. The first-order valence-corrected chi connectivity index (χ1v) is 13.6. The maximum atomic E-state index is 13.9. The van der Waals surface area contributed by atoms with Gasteiger partial charge in [0.05, 0.1) is 11.7 Å². The summed E-state index contributed by atoms with van der Waals surface area (Å²) < 4.78 is 0. The fraction of sp³-hybridized carbons (Fsp3) is 0.759. The summed E-state index contributed by atoms with van der Waals surface area (Å²) in [6, 6.07) is -0.334. The average Bonchev–Trinajstić information content (AvgIpc) is 3.39. The Morgan fingerprint density at radius 1 is 1.03 bits per heavy atom. The van der Waals surface area contributed by atoms with Crippen molar-refractivity contribution in [3.8, 4) is 0 Å². The molecule has 34 heavy (non-hydrogen) atoms. The van der Waals surface area contributed by atoms with Gasteiger partial charge in [-0.1, -0.05) is 18.9 Å². The Balaban J connectivity index is 1.22. The van der Waals surface area contributed by atoms with Crippen molar-refractivity contribution in [1.29, 1.82) is 0 Å². The first kappa shape index (κ1) is 22.6. The van der Waals surface area contributed by atoms with Crippen LogP contribution in [0.1, 0.15) is 103 Å². The number of ketones is 1. The zero-order valence-corrected chi connectivity index (χ0v) is 21.3. The normalized spacial score (nSPS) is 45.5. The van der Waals surface area contributed by atoms with Crippen LogP contribution in [-0.4, -0.2) is 31.5 Å². The van der Waals surface area contributed by atoms with Gasteiger partial charge in [-0.05, 0) is 106 Å². The van der Waals surface area contributed by atoms with Crippen LogP contribution in [0.5, 0.6) is 0 Å². The maximum absolute atomic E-state index is 13.9. The summed E-state index contributed by atoms with van der Waals surface area (Å²) in [6.07, 6.45) is 18.8. The van der Waals surface area contributed by atoms with E-state index >= 15 is 0 Å². The Bertz CT molecular complexity index is 1020. The van der Waals surface area contributed by atoms with Gasteiger partial charge in [0.25, 0.3) is 0 Å². The molecule has 1 N–H and O–H groups in total. The van der Waals surface area contributed by atoms with E-state index in [1.807, 2.05) is 32.1 Å². The predicted octanol–water partition coefficient (Wildman–Crippen LogP) is 5.66. The van der Waals surface area contributed by atoms with Gasteiger partial charge in [0.2, 0.25) is 11.4 Å². The molecule has 0 unspecified atom stereocenters. The Hall–Kier alpha value is -1.84. The fourth-order valence-electron chi connectivity index (χ4n) is 9.30. The van der Waals surface area contributed by atoms with Gasteiger partial charge in [0, 0.05) is 12.0 Å². The number of nitrogens with zero attached hydrogens (tertiary/aromatic N) is 3. The fourth-order valence-corrected chi connectivity index (χ4v) is 9.30. The maximum Gasteiger partial charge on any atom is 0.227 e. The lowest BCUT2D eigenvalue weighted by atomic mass is 9.44. The zero-order chi connectivity index (χ0) is 23.9. The molecule has 0 amide bonds. The van der Waals surface area contributed by atoms with Gasteiger partial charge in [0.15, 0.2) is 5.78 Å². The molecule has 1 heterocycles. The van der Waals surface area contributed by atoms with E-state index in [9.17, 15) is 9.90 Å². The van der Waals surface area contributed by atoms with Crippen LogP contribution in [0.25, 0.3) is 12.2 Å². The Morgan fingerprint density at radius 2 is 1.79 bits per heavy atom. The van der Waals surface area contributed by atoms with Crippen LogP contribution in [0, 0.1) is 46.5 Å². The number of aromatic nitrogens is 3. The number of carbonyl (C=O) groups is 1. The number of fused-ring (bicyclic) bond motifs is 6. The summed E-state index contributed by atoms with van der Waals surface area (Å²) in [5, 5.41) is 20.0. The number of hydrogen-bond donors (Lipinski definition) is 1. The second-order valence-corrected chi connectivity index (χ2v) is 13.0. The highest BCUT2D eigenvalue weighted by Crippen LogP contribution is 2.68. The predicted molar refractivity (Wildman–Crippen MR) is 132 cm³/mol. The van der Waals surface area contributed by atoms with Gasteiger partial charge >= 0.3 is 0 Å². The molecule has 0 spiro atoms. The summed E-state index contributed by atoms with van der Waals surface area (Å²) in [7, 11) is 0. The summed E-state index contributed by atoms with van der Waals surface area (Å²) >= 11 is 0. The molecule has 5 heteroatoms. The SMILES string of the molecule is C[C@H](C(=O)[C@H]1CC[C@H]2[C@@H]3CC[C@H]4C[C@](C)(O)CC[C@]4(C)[C@H]3CC[C@]12C)n1nc2c(n1)C=C[C+]=C2. The van der Waals surface area contributed by atoms with Crippen LogP contribution in [0.4, 0.5) is 0 Å². The van der Waals surface area contributed by atoms with Crippen molar-refractivity contribution in [2.75, 3.05) is 0 Å². The number of aliphatic hydroxyl groups is 1. The Labute approximate surface area is 204 Å². The first-order valence-electron chi connectivity index (χ1n) is 13.6. The molecule has 0 aromatic carbocycles. The van der Waals surface area contributed by atoms with E-state index in [2.05, 4.69) is 30.1 Å². The van der Waals surface area contributed by atoms with Gasteiger partial charge in [-0.3, -0.25) is 4.79 Å². The van der Waals surface area contributed by atoms with Crippen LogP contribution in [0.3, 0.4) is 0 Å². The van der Waals surface area contributed by atoms with E-state index in [1.54, 1.807) is 4.80 Å². The summed E-state index contributed by atoms with van der Waals surface area (Å²) in [5.74, 6) is 3.20. The lowest BCUT2D eigenvalue weighted by Gasteiger charge is -2.61. The second kappa shape index (κ2) is 7.58. The van der Waals surface area contributed by atoms with E-state index < -0.39 is 5.60 Å². The third kappa shape index (κ3) is 3.23. The Morgan fingerprint density at radius 3 is 2.59 bits per heavy atom. The van der Waals surface area contributed by atoms with Gasteiger partial charge < -0.3 is 5.11 Å². The minimum Gasteiger partial charge on any atom is -0.390 e. The van der Waals surface area contributed by atoms with Crippen molar-refractivity contribution >= 4 is 17.9 Å². The van der Waals surface area contributed by atoms with E-state index in [-0.39, 0.29) is 17.4 Å². The molecule has 4 fully saturated rings. The van der Waals surface area contributed by atoms with Crippen LogP contribution in [0.15, 0.2) is 6.08 Å². The highest BCUT2D eigenvalue weighted by atomic mass is 16.3. The zero-order valence-electron chi connectivity index (χ0n) is 21.3. The molecule has 5 aliphatic rings. The van der Waals surface area contributed by atoms with Crippen molar-refractivity contribution < 1.29 is 9.90 Å². The molecule has 9 atom stereocenters. The van der Waals surface area contributed by atoms with Crippen LogP contribution in [0.2, 0.25) is 0 Å². The van der Waals surface area contributed by atoms with Crippen LogP contribution >= 0.6 is 0 Å². The summed E-state index contributed by atoms with van der Waals surface area (Å²) in [6.45, 7) is 8.99. The monoisotopic (exact) mass is 462 g/mol. The minimum absolute atomic E-state index is 0.0935. The van der Waals surface area contributed by atoms with E-state index in [0.717, 1.165) is 55.3 Å². The topological polar surface area (TPSA) is 68.0 Å². The lowest BCUT2D eigenvalue weighted by molar-refractivity contribution is -0.151. The van der Waals surface area contributed by atoms with E-state index in [0.29, 0.717) is 23.0 Å². The minimum atomic E-state index is -0.482. The van der Waals surface area contributed by atoms with Crippen molar-refractivity contribution in [3.05, 3.63) is 23.5 Å². The largest absolute Gasteiger partial charge is 0.390 e. The molecule has 6 rings (SSSR count). The van der Waals surface area contributed by atoms with Gasteiger partial charge in [-0.2, -0.15) is 4.80 Å². The number of hydrogen-bond acceptors (Lipinski definition) is 4. The molecular formula is C29H40N3O2+. The highest BCUT2D eigenvalue weighted by Gasteiger charge is 2.62. The molecule has 4 saturated carbocycles. The molecular weight excluding hydrogens is 422 g/mol. The Kier molecular flexibility index (Phi) is 5.04. The van der Waals surface area contributed by atoms with Crippen LogP contribution in [-0.2, 0) is 4.79 Å². The molecule has 5 nitrogen and oxygen atoms in total. The molecule has 1 aromatic rings. The van der Waals surface area contributed by atoms with Crippen molar-refractivity contribution in [2.45, 2.75) is 97.1 Å². The standard InChI is InChI=1S/C29H40N3O2/c1-18(32-30-24-7-5-6-8-25(24)31-32)26(33)23-12-11-21-20-10-9-19-17-27(2,34)15-16-28(19,3)22(20)13-14-29(21,23)4/h5,7-8,18-23,34H,9-17H2,1-4H3/q+1/t18-,19+,20+,21+,22+,23-,27-,28+,29+/m1/s1. The number of carbonyl (C=O) groups excluding carboxylic acids is 1. The number of Topliss-reactive ketones (excluding diaryl/α,β-unsaturated/α-hetero) is 1. The van der Waals surface area contributed by atoms with Gasteiger partial charge in [-0.15, -0.1) is 5.10 Å². The molecule has 182 valence electrons. The molecule has 0 aliphatic heterocycles. The summed E-state index contributed by atoms with van der Waals surface area (Å²) in [5.41, 5.74) is 1.60. The average molecular weight is 463 g/mol. The molecule has 0 radical (unpaired) electrons. The summed E-state index contributed by atoms with van der Waals surface area (Å²) in [4.78, 5) is 15.5. The third-order valence-electron chi connectivity index (χ3n) is 11.3. The second-order valence-electron chi connectivity index (χ2n) is 13.0. The lowest BCUT2D eigenvalue weighted by Crippen LogP contribution is -2.55. The molecule has 0 saturated heterocycles. The smallest absolute Gasteiger partial charge is 0.227 e. The van der Waals surface area contributed by atoms with Crippen molar-refractivity contribution in [1.82, 2.24) is 15.0 Å². The number of allylic oxidation sites excluding steroid dienone is 2. The molecule has 5 aliphatic carbocycles. The molecule has 0 bridgehead atoms. The quantitative estimate of drug-likeness (QED) is 0.589. The van der Waals surface area contributed by atoms with Crippen molar-refractivity contribution in [3.63, 3.8) is 0 Å². The van der Waals surface area contributed by atoms with Gasteiger partial charge in [-0.25, -0.2) is 0 Å². The van der Waals surface area contributed by atoms with E-state index in [1.165, 1.54) is 25.7 Å². The third-order valence-corrected chi connectivity index (χ3v) is 11.3. The van der Waals surface area contributed by atoms with Crippen molar-refractivity contribution in [2.24, 2.45) is 40.4 Å². The van der Waals surface area contributed by atoms with Gasteiger partial charge in [0.1, 0.15) is 18.2 Å². The first-order chi connectivity index (χ1) is 16.1. The van der Waals surface area contributed by atoms with E-state index in [4.69, 9.17) is 0 Å². The van der Waals surface area contributed by atoms with Crippen LogP contribution < -0.4 is 0 Å². The highest BCUT2D eigenvalue weighted by molar-refractivity contribution is 5.85.